The first-order valence-corrected chi connectivity index (χ1v) is 9.80. The van der Waals surface area contributed by atoms with E-state index >= 15 is 0 Å². The minimum atomic E-state index is -0.227. The van der Waals surface area contributed by atoms with Gasteiger partial charge in [-0.2, -0.15) is 0 Å². The Labute approximate surface area is 171 Å². The monoisotopic (exact) mass is 402 g/mol. The van der Waals surface area contributed by atoms with E-state index in [1.807, 2.05) is 12.1 Å². The maximum absolute atomic E-state index is 12.4. The second-order valence-corrected chi connectivity index (χ2v) is 7.41. The van der Waals surface area contributed by atoms with E-state index in [4.69, 9.17) is 16.3 Å². The standard InChI is InChI=1S/C21H27ClN4O2/c1-25-11-13-26(14-12-25)20(16-3-9-19(28-2)10-4-16)15-23-21(27)24-18-7-5-17(22)6-8-18/h3-10,20H,11-15H2,1-2H3,(H2,23,24,27)/t20-/m1/s1. The van der Waals surface area contributed by atoms with Crippen LogP contribution in [0.4, 0.5) is 10.5 Å². The number of methoxy groups -OCH3 is 1. The zero-order chi connectivity index (χ0) is 19.9. The molecule has 28 heavy (non-hydrogen) atoms. The van der Waals surface area contributed by atoms with Crippen molar-refractivity contribution in [2.45, 2.75) is 6.04 Å². The normalized spacial score (nSPS) is 16.4. The smallest absolute Gasteiger partial charge is 0.319 e. The summed E-state index contributed by atoms with van der Waals surface area (Å²) in [6.45, 7) is 4.49. The zero-order valence-electron chi connectivity index (χ0n) is 16.3. The van der Waals surface area contributed by atoms with Gasteiger partial charge in [0.25, 0.3) is 0 Å². The van der Waals surface area contributed by atoms with Crippen LogP contribution in [0, 0.1) is 0 Å². The summed E-state index contributed by atoms with van der Waals surface area (Å²) < 4.78 is 5.27. The first-order valence-electron chi connectivity index (χ1n) is 9.42. The van der Waals surface area contributed by atoms with Gasteiger partial charge >= 0.3 is 6.03 Å². The van der Waals surface area contributed by atoms with Gasteiger partial charge < -0.3 is 20.3 Å². The van der Waals surface area contributed by atoms with Gasteiger partial charge in [0.2, 0.25) is 0 Å². The number of halogens is 1. The number of hydrogen-bond donors (Lipinski definition) is 2. The number of nitrogens with one attached hydrogen (secondary N) is 2. The molecular weight excluding hydrogens is 376 g/mol. The van der Waals surface area contributed by atoms with E-state index in [0.29, 0.717) is 17.3 Å². The van der Waals surface area contributed by atoms with E-state index in [-0.39, 0.29) is 12.1 Å². The SMILES string of the molecule is COc1ccc([C@@H](CNC(=O)Nc2ccc(Cl)cc2)N2CCN(C)CC2)cc1. The molecule has 1 aliphatic rings. The van der Waals surface area contributed by atoms with Crippen LogP contribution in [-0.2, 0) is 0 Å². The van der Waals surface area contributed by atoms with Gasteiger partial charge in [-0.1, -0.05) is 23.7 Å². The largest absolute Gasteiger partial charge is 0.497 e. The maximum atomic E-state index is 12.4. The summed E-state index contributed by atoms with van der Waals surface area (Å²) in [7, 11) is 3.80. The van der Waals surface area contributed by atoms with Crippen LogP contribution in [-0.4, -0.2) is 62.7 Å². The molecule has 3 rings (SSSR count). The predicted molar refractivity (Wildman–Crippen MR) is 113 cm³/mol. The minimum absolute atomic E-state index is 0.107. The quantitative estimate of drug-likeness (QED) is 0.776. The van der Waals surface area contributed by atoms with Crippen LogP contribution in [0.5, 0.6) is 5.75 Å². The molecule has 1 fully saturated rings. The molecule has 1 heterocycles. The van der Waals surface area contributed by atoms with Gasteiger partial charge in [-0.25, -0.2) is 4.79 Å². The fourth-order valence-corrected chi connectivity index (χ4v) is 3.44. The van der Waals surface area contributed by atoms with Gasteiger partial charge in [0, 0.05) is 43.4 Å². The number of likely N-dealkylation sites (N-methyl/N-ethyl adjacent to an activating group) is 1. The van der Waals surface area contributed by atoms with E-state index in [9.17, 15) is 4.79 Å². The number of carbonyl (C=O) groups excluding carboxylic acids is 1. The lowest BCUT2D eigenvalue weighted by Crippen LogP contribution is -2.48. The highest BCUT2D eigenvalue weighted by Crippen LogP contribution is 2.24. The van der Waals surface area contributed by atoms with Crippen LogP contribution in [0.25, 0.3) is 0 Å². The summed E-state index contributed by atoms with van der Waals surface area (Å²) >= 11 is 5.89. The number of rotatable bonds is 6. The zero-order valence-corrected chi connectivity index (χ0v) is 17.1. The van der Waals surface area contributed by atoms with E-state index in [0.717, 1.165) is 37.5 Å². The Hall–Kier alpha value is -2.28. The molecule has 0 unspecified atom stereocenters. The van der Waals surface area contributed by atoms with Crippen LogP contribution < -0.4 is 15.4 Å². The Morgan fingerprint density at radius 3 is 2.32 bits per heavy atom. The van der Waals surface area contributed by atoms with Crippen molar-refractivity contribution in [3.05, 3.63) is 59.1 Å². The van der Waals surface area contributed by atoms with E-state index in [1.165, 1.54) is 0 Å². The van der Waals surface area contributed by atoms with Gasteiger partial charge in [-0.05, 0) is 49.0 Å². The van der Waals surface area contributed by atoms with Crippen molar-refractivity contribution >= 4 is 23.3 Å². The van der Waals surface area contributed by atoms with E-state index in [2.05, 4.69) is 39.6 Å². The third kappa shape index (κ3) is 5.61. The molecule has 1 aliphatic heterocycles. The van der Waals surface area contributed by atoms with Crippen LogP contribution in [0.1, 0.15) is 11.6 Å². The Bertz CT molecular complexity index is 759. The number of amides is 2. The van der Waals surface area contributed by atoms with Crippen molar-refractivity contribution in [3.8, 4) is 5.75 Å². The number of hydrogen-bond acceptors (Lipinski definition) is 4. The minimum Gasteiger partial charge on any atom is -0.497 e. The summed E-state index contributed by atoms with van der Waals surface area (Å²) in [5.41, 5.74) is 1.87. The van der Waals surface area contributed by atoms with Crippen molar-refractivity contribution in [1.82, 2.24) is 15.1 Å². The third-order valence-electron chi connectivity index (χ3n) is 5.04. The molecule has 0 spiro atoms. The number of urea groups is 1. The first kappa shape index (κ1) is 20.5. The summed E-state index contributed by atoms with van der Waals surface area (Å²) in [6, 6.07) is 15.0. The van der Waals surface area contributed by atoms with Gasteiger partial charge in [0.05, 0.1) is 13.2 Å². The number of ether oxygens (including phenoxy) is 1. The second kappa shape index (κ2) is 9.78. The predicted octanol–water partition coefficient (Wildman–Crippen LogP) is 3.46. The van der Waals surface area contributed by atoms with Gasteiger partial charge in [-0.3, -0.25) is 4.90 Å². The van der Waals surface area contributed by atoms with Crippen molar-refractivity contribution in [1.29, 1.82) is 0 Å². The molecule has 0 aromatic heterocycles. The summed E-state index contributed by atoms with van der Waals surface area (Å²) in [5.74, 6) is 0.828. The molecule has 0 aliphatic carbocycles. The summed E-state index contributed by atoms with van der Waals surface area (Å²) in [4.78, 5) is 17.1. The molecular formula is C21H27ClN4O2. The molecule has 6 nitrogen and oxygen atoms in total. The fourth-order valence-electron chi connectivity index (χ4n) is 3.32. The second-order valence-electron chi connectivity index (χ2n) is 6.97. The van der Waals surface area contributed by atoms with Crippen LogP contribution in [0.2, 0.25) is 5.02 Å². The Morgan fingerprint density at radius 2 is 1.71 bits per heavy atom. The molecule has 2 aromatic rings. The Kier molecular flexibility index (Phi) is 7.14. The number of anilines is 1. The van der Waals surface area contributed by atoms with Crippen molar-refractivity contribution in [2.24, 2.45) is 0 Å². The highest BCUT2D eigenvalue weighted by molar-refractivity contribution is 6.30. The molecule has 2 N–H and O–H groups in total. The number of benzene rings is 2. The van der Waals surface area contributed by atoms with E-state index in [1.54, 1.807) is 31.4 Å². The summed E-state index contributed by atoms with van der Waals surface area (Å²) in [6.07, 6.45) is 0. The molecule has 0 bridgehead atoms. The lowest BCUT2D eigenvalue weighted by Gasteiger charge is -2.38. The average molecular weight is 403 g/mol. The first-order chi connectivity index (χ1) is 13.5. The maximum Gasteiger partial charge on any atom is 0.319 e. The van der Waals surface area contributed by atoms with Crippen molar-refractivity contribution < 1.29 is 9.53 Å². The number of carbonyl (C=O) groups is 1. The Balaban J connectivity index is 1.65. The molecule has 2 amide bonds. The van der Waals surface area contributed by atoms with Crippen LogP contribution >= 0.6 is 11.6 Å². The van der Waals surface area contributed by atoms with Gasteiger partial charge in [0.15, 0.2) is 0 Å². The van der Waals surface area contributed by atoms with E-state index < -0.39 is 0 Å². The fraction of sp³-hybridized carbons (Fsp3) is 0.381. The highest BCUT2D eigenvalue weighted by atomic mass is 35.5. The molecule has 1 saturated heterocycles. The van der Waals surface area contributed by atoms with Crippen LogP contribution in [0.3, 0.4) is 0 Å². The lowest BCUT2D eigenvalue weighted by molar-refractivity contribution is 0.111. The Morgan fingerprint density at radius 1 is 1.07 bits per heavy atom. The average Bonchev–Trinajstić information content (AvgIpc) is 2.71. The van der Waals surface area contributed by atoms with Gasteiger partial charge in [0.1, 0.15) is 5.75 Å². The number of piperazine rings is 1. The molecule has 1 atom stereocenters. The van der Waals surface area contributed by atoms with Crippen molar-refractivity contribution in [3.63, 3.8) is 0 Å². The van der Waals surface area contributed by atoms with Gasteiger partial charge in [-0.15, -0.1) is 0 Å². The lowest BCUT2D eigenvalue weighted by atomic mass is 10.0. The molecule has 7 heteroatoms. The highest BCUT2D eigenvalue weighted by Gasteiger charge is 2.24. The third-order valence-corrected chi connectivity index (χ3v) is 5.29. The topological polar surface area (TPSA) is 56.8 Å². The molecule has 150 valence electrons. The summed E-state index contributed by atoms with van der Waals surface area (Å²) in [5, 5.41) is 6.50. The molecule has 0 radical (unpaired) electrons. The van der Waals surface area contributed by atoms with Crippen molar-refractivity contribution in [2.75, 3.05) is 52.2 Å². The van der Waals surface area contributed by atoms with Crippen LogP contribution in [0.15, 0.2) is 48.5 Å². The molecule has 0 saturated carbocycles. The number of nitrogens with zero attached hydrogens (tertiary/aromatic N) is 2. The molecule has 2 aromatic carbocycles.